The lowest BCUT2D eigenvalue weighted by Crippen LogP contribution is -2.29. The van der Waals surface area contributed by atoms with Crippen molar-refractivity contribution in [2.75, 3.05) is 7.11 Å². The maximum Gasteiger partial charge on any atom is 0.216 e. The van der Waals surface area contributed by atoms with E-state index in [9.17, 15) is 8.42 Å². The van der Waals surface area contributed by atoms with Gasteiger partial charge >= 0.3 is 0 Å². The van der Waals surface area contributed by atoms with Crippen molar-refractivity contribution in [3.63, 3.8) is 0 Å². The van der Waals surface area contributed by atoms with E-state index < -0.39 is 10.0 Å². The van der Waals surface area contributed by atoms with E-state index in [2.05, 4.69) is 9.71 Å². The number of hydrogen-bond acceptors (Lipinski definition) is 5. The molecule has 0 aliphatic rings. The molecule has 1 heterocycles. The SMILES string of the molecule is CC[C@@H](NS(=O)(=O)Cc1cccc(OC)c1)c1nc(C)cs1. The molecule has 120 valence electrons. The molecule has 0 radical (unpaired) electrons. The zero-order valence-electron chi connectivity index (χ0n) is 12.9. The molecule has 0 unspecified atom stereocenters. The summed E-state index contributed by atoms with van der Waals surface area (Å²) in [4.78, 5) is 4.37. The normalized spacial score (nSPS) is 13.0. The average Bonchev–Trinajstić information content (AvgIpc) is 2.91. The summed E-state index contributed by atoms with van der Waals surface area (Å²) in [6.45, 7) is 3.84. The van der Waals surface area contributed by atoms with E-state index in [0.29, 0.717) is 17.7 Å². The average molecular weight is 340 g/mol. The second kappa shape index (κ2) is 7.21. The van der Waals surface area contributed by atoms with E-state index in [4.69, 9.17) is 4.74 Å². The Bertz CT molecular complexity index is 726. The van der Waals surface area contributed by atoms with Crippen LogP contribution in [0, 0.1) is 6.92 Å². The number of sulfonamides is 1. The third kappa shape index (κ3) is 4.53. The summed E-state index contributed by atoms with van der Waals surface area (Å²) < 4.78 is 32.6. The molecule has 0 saturated carbocycles. The van der Waals surface area contributed by atoms with Crippen molar-refractivity contribution in [1.82, 2.24) is 9.71 Å². The Hall–Kier alpha value is -1.44. The number of aryl methyl sites for hydroxylation is 1. The van der Waals surface area contributed by atoms with Crippen LogP contribution in [-0.2, 0) is 15.8 Å². The highest BCUT2D eigenvalue weighted by atomic mass is 32.2. The number of methoxy groups -OCH3 is 1. The number of nitrogens with one attached hydrogen (secondary N) is 1. The second-order valence-corrected chi connectivity index (χ2v) is 7.66. The first kappa shape index (κ1) is 16.9. The van der Waals surface area contributed by atoms with Gasteiger partial charge in [-0.25, -0.2) is 18.1 Å². The molecule has 0 bridgehead atoms. The number of thiazole rings is 1. The van der Waals surface area contributed by atoms with Crippen molar-refractivity contribution in [3.8, 4) is 5.75 Å². The minimum absolute atomic E-state index is 0.0783. The Kier molecular flexibility index (Phi) is 5.55. The Morgan fingerprint density at radius 1 is 1.41 bits per heavy atom. The quantitative estimate of drug-likeness (QED) is 0.841. The van der Waals surface area contributed by atoms with E-state index in [1.54, 1.807) is 31.4 Å². The molecule has 2 aromatic rings. The molecule has 0 aliphatic carbocycles. The monoisotopic (exact) mass is 340 g/mol. The van der Waals surface area contributed by atoms with Gasteiger partial charge in [0.1, 0.15) is 10.8 Å². The van der Waals surface area contributed by atoms with Crippen molar-refractivity contribution in [2.45, 2.75) is 32.1 Å². The number of rotatable bonds is 7. The molecule has 5 nitrogen and oxygen atoms in total. The van der Waals surface area contributed by atoms with Crippen LogP contribution in [0.15, 0.2) is 29.6 Å². The molecule has 7 heteroatoms. The smallest absolute Gasteiger partial charge is 0.216 e. The number of ether oxygens (including phenoxy) is 1. The van der Waals surface area contributed by atoms with Crippen molar-refractivity contribution in [3.05, 3.63) is 45.9 Å². The van der Waals surface area contributed by atoms with Gasteiger partial charge in [0.15, 0.2) is 0 Å². The van der Waals surface area contributed by atoms with Gasteiger partial charge in [-0.3, -0.25) is 0 Å². The van der Waals surface area contributed by atoms with Crippen molar-refractivity contribution < 1.29 is 13.2 Å². The summed E-state index contributed by atoms with van der Waals surface area (Å²) in [5, 5.41) is 2.73. The summed E-state index contributed by atoms with van der Waals surface area (Å²) in [5.74, 6) is 0.570. The Morgan fingerprint density at radius 2 is 2.18 bits per heavy atom. The fourth-order valence-corrected chi connectivity index (χ4v) is 4.50. The molecule has 0 fully saturated rings. The highest BCUT2D eigenvalue weighted by molar-refractivity contribution is 7.88. The van der Waals surface area contributed by atoms with Crippen molar-refractivity contribution in [2.24, 2.45) is 0 Å². The van der Waals surface area contributed by atoms with E-state index in [-0.39, 0.29) is 11.8 Å². The van der Waals surface area contributed by atoms with Crippen LogP contribution in [0.5, 0.6) is 5.75 Å². The van der Waals surface area contributed by atoms with Gasteiger partial charge in [0.2, 0.25) is 10.0 Å². The lowest BCUT2D eigenvalue weighted by molar-refractivity contribution is 0.414. The van der Waals surface area contributed by atoms with E-state index >= 15 is 0 Å². The summed E-state index contributed by atoms with van der Waals surface area (Å²) in [6, 6.07) is 6.79. The lowest BCUT2D eigenvalue weighted by atomic mass is 10.2. The standard InChI is InChI=1S/C15H20N2O3S2/c1-4-14(15-16-11(2)9-21-15)17-22(18,19)10-12-6-5-7-13(8-12)20-3/h5-9,14,17H,4,10H2,1-3H3/t14-/m1/s1. The Labute approximate surface area is 135 Å². The zero-order chi connectivity index (χ0) is 16.2. The van der Waals surface area contributed by atoms with Crippen molar-refractivity contribution in [1.29, 1.82) is 0 Å². The summed E-state index contributed by atoms with van der Waals surface area (Å²) in [6.07, 6.45) is 0.657. The van der Waals surface area contributed by atoms with Crippen molar-refractivity contribution >= 4 is 21.4 Å². The largest absolute Gasteiger partial charge is 0.497 e. The van der Waals surface area contributed by atoms with Crippen LogP contribution in [-0.4, -0.2) is 20.5 Å². The first-order valence-corrected chi connectivity index (χ1v) is 9.51. The molecular weight excluding hydrogens is 320 g/mol. The molecule has 1 aromatic carbocycles. The van der Waals surface area contributed by atoms with E-state index in [1.807, 2.05) is 19.2 Å². The molecule has 2 rings (SSSR count). The zero-order valence-corrected chi connectivity index (χ0v) is 14.5. The summed E-state index contributed by atoms with van der Waals surface area (Å²) >= 11 is 1.48. The molecule has 0 spiro atoms. The Balaban J connectivity index is 2.12. The predicted octanol–water partition coefficient (Wildman–Crippen LogP) is 3.03. The molecule has 0 aliphatic heterocycles. The van der Waals surface area contributed by atoms with Gasteiger partial charge in [0.05, 0.1) is 18.9 Å². The second-order valence-electron chi connectivity index (χ2n) is 5.02. The van der Waals surface area contributed by atoms with Gasteiger partial charge in [-0.05, 0) is 31.0 Å². The molecular formula is C15H20N2O3S2. The number of hydrogen-bond donors (Lipinski definition) is 1. The maximum absolute atomic E-state index is 12.4. The molecule has 1 atom stereocenters. The number of aromatic nitrogens is 1. The first-order valence-electron chi connectivity index (χ1n) is 6.98. The van der Waals surface area contributed by atoms with Crippen LogP contribution >= 0.6 is 11.3 Å². The maximum atomic E-state index is 12.4. The summed E-state index contributed by atoms with van der Waals surface area (Å²) in [7, 11) is -1.89. The topological polar surface area (TPSA) is 68.3 Å². The molecule has 1 aromatic heterocycles. The van der Waals surface area contributed by atoms with Gasteiger partial charge in [-0.15, -0.1) is 11.3 Å². The van der Waals surface area contributed by atoms with Crippen LogP contribution < -0.4 is 9.46 Å². The van der Waals surface area contributed by atoms with Crippen LogP contribution in [0.1, 0.15) is 35.7 Å². The minimum atomic E-state index is -3.45. The van der Waals surface area contributed by atoms with E-state index in [1.165, 1.54) is 11.3 Å². The molecule has 0 amide bonds. The third-order valence-electron chi connectivity index (χ3n) is 3.16. The van der Waals surface area contributed by atoms with E-state index in [0.717, 1.165) is 10.7 Å². The summed E-state index contributed by atoms with van der Waals surface area (Å²) in [5.41, 5.74) is 1.60. The highest BCUT2D eigenvalue weighted by Crippen LogP contribution is 2.23. The Morgan fingerprint density at radius 3 is 2.77 bits per heavy atom. The van der Waals surface area contributed by atoms with Crippen LogP contribution in [0.4, 0.5) is 0 Å². The van der Waals surface area contributed by atoms with Gasteiger partial charge < -0.3 is 4.74 Å². The fraction of sp³-hybridized carbons (Fsp3) is 0.400. The van der Waals surface area contributed by atoms with Crippen LogP contribution in [0.3, 0.4) is 0 Å². The highest BCUT2D eigenvalue weighted by Gasteiger charge is 2.21. The lowest BCUT2D eigenvalue weighted by Gasteiger charge is -2.15. The molecule has 1 N–H and O–H groups in total. The molecule has 0 saturated heterocycles. The minimum Gasteiger partial charge on any atom is -0.497 e. The predicted molar refractivity (Wildman–Crippen MR) is 88.6 cm³/mol. The third-order valence-corrected chi connectivity index (χ3v) is 5.59. The van der Waals surface area contributed by atoms with Gasteiger partial charge in [0.25, 0.3) is 0 Å². The van der Waals surface area contributed by atoms with Crippen LogP contribution in [0.25, 0.3) is 0 Å². The fourth-order valence-electron chi connectivity index (χ4n) is 2.08. The number of nitrogens with zero attached hydrogens (tertiary/aromatic N) is 1. The van der Waals surface area contributed by atoms with Gasteiger partial charge in [0, 0.05) is 11.1 Å². The molecule has 22 heavy (non-hydrogen) atoms. The van der Waals surface area contributed by atoms with Gasteiger partial charge in [-0.1, -0.05) is 19.1 Å². The van der Waals surface area contributed by atoms with Crippen LogP contribution in [0.2, 0.25) is 0 Å². The van der Waals surface area contributed by atoms with Gasteiger partial charge in [-0.2, -0.15) is 0 Å². The number of benzene rings is 1. The first-order chi connectivity index (χ1) is 10.4.